The van der Waals surface area contributed by atoms with Crippen LogP contribution in [0.2, 0.25) is 0 Å². The number of H-pyrrole nitrogens is 1. The summed E-state index contributed by atoms with van der Waals surface area (Å²) in [6.07, 6.45) is 0. The number of nitrogens with one attached hydrogen (secondary N) is 1. The minimum Gasteiger partial charge on any atom is -0.494 e. The number of ketones is 1. The first kappa shape index (κ1) is 21.4. The highest BCUT2D eigenvalue weighted by molar-refractivity contribution is 7.99. The van der Waals surface area contributed by atoms with Gasteiger partial charge in [-0.3, -0.25) is 14.2 Å². The summed E-state index contributed by atoms with van der Waals surface area (Å²) in [5.41, 5.74) is 1.27. The molecule has 2 heterocycles. The number of ether oxygens (including phenoxy) is 1. The number of fused-ring (bicyclic) bond motifs is 1. The van der Waals surface area contributed by atoms with Crippen LogP contribution in [0.15, 0.2) is 58.5 Å². The van der Waals surface area contributed by atoms with Gasteiger partial charge in [-0.2, -0.15) is 0 Å². The standard InChI is InChI=1S/C21H16FN3O3S3/c1-2-28-15-9-7-14(8-10-15)25-18-17(31-21(25)29)19(27)24-20(23-18)30-11-16(26)12-3-5-13(22)6-4-12/h3-10H,2,11H2,1H3,(H,23,24,27). The van der Waals surface area contributed by atoms with Gasteiger partial charge in [-0.1, -0.05) is 23.1 Å². The van der Waals surface area contributed by atoms with Gasteiger partial charge in [-0.05, 0) is 67.7 Å². The van der Waals surface area contributed by atoms with Crippen molar-refractivity contribution in [1.29, 1.82) is 0 Å². The van der Waals surface area contributed by atoms with Crippen molar-refractivity contribution in [3.05, 3.63) is 74.2 Å². The van der Waals surface area contributed by atoms with Gasteiger partial charge >= 0.3 is 0 Å². The summed E-state index contributed by atoms with van der Waals surface area (Å²) in [6.45, 7) is 2.47. The molecule has 0 aliphatic heterocycles. The summed E-state index contributed by atoms with van der Waals surface area (Å²) < 4.78 is 21.1. The van der Waals surface area contributed by atoms with Crippen LogP contribution in [0.5, 0.6) is 5.75 Å². The number of thiazole rings is 1. The summed E-state index contributed by atoms with van der Waals surface area (Å²) in [5, 5.41) is 0.306. The number of halogens is 1. The van der Waals surface area contributed by atoms with E-state index in [1.54, 1.807) is 4.57 Å². The van der Waals surface area contributed by atoms with E-state index in [-0.39, 0.29) is 17.1 Å². The van der Waals surface area contributed by atoms with Gasteiger partial charge in [-0.15, -0.1) is 0 Å². The maximum Gasteiger partial charge on any atom is 0.271 e. The zero-order valence-corrected chi connectivity index (χ0v) is 18.7. The molecule has 0 unspecified atom stereocenters. The number of carbonyl (C=O) groups is 1. The Kier molecular flexibility index (Phi) is 6.30. The number of thioether (sulfide) groups is 1. The van der Waals surface area contributed by atoms with Crippen molar-refractivity contribution in [2.45, 2.75) is 12.1 Å². The Morgan fingerprint density at radius 3 is 2.61 bits per heavy atom. The first-order valence-electron chi connectivity index (χ1n) is 9.27. The van der Waals surface area contributed by atoms with Gasteiger partial charge in [0, 0.05) is 11.3 Å². The highest BCUT2D eigenvalue weighted by Gasteiger charge is 2.15. The molecule has 0 atom stereocenters. The molecule has 31 heavy (non-hydrogen) atoms. The molecule has 0 bridgehead atoms. The fourth-order valence-electron chi connectivity index (χ4n) is 2.90. The smallest absolute Gasteiger partial charge is 0.271 e. The Labute approximate surface area is 189 Å². The van der Waals surface area contributed by atoms with Gasteiger partial charge in [0.25, 0.3) is 5.56 Å². The lowest BCUT2D eigenvalue weighted by atomic mass is 10.1. The van der Waals surface area contributed by atoms with Gasteiger partial charge in [0.15, 0.2) is 20.5 Å². The SMILES string of the molecule is CCOc1ccc(-n2c(=S)sc3c(=O)[nH]c(SCC(=O)c4ccc(F)cc4)nc32)cc1. The Bertz CT molecular complexity index is 1360. The number of aromatic nitrogens is 3. The average Bonchev–Trinajstić information content (AvgIpc) is 3.10. The third-order valence-electron chi connectivity index (χ3n) is 4.33. The quantitative estimate of drug-likeness (QED) is 0.176. The average molecular weight is 474 g/mol. The third-order valence-corrected chi connectivity index (χ3v) is 6.57. The summed E-state index contributed by atoms with van der Waals surface area (Å²) in [5.74, 6) is 0.185. The van der Waals surface area contributed by atoms with Gasteiger partial charge in [0.1, 0.15) is 16.3 Å². The normalized spacial score (nSPS) is 11.0. The van der Waals surface area contributed by atoms with Gasteiger partial charge in [0.05, 0.1) is 12.4 Å². The van der Waals surface area contributed by atoms with E-state index in [9.17, 15) is 14.0 Å². The van der Waals surface area contributed by atoms with Crippen molar-refractivity contribution in [2.24, 2.45) is 0 Å². The number of Topliss-reactive ketones (excluding diaryl/α,β-unsaturated/α-hetero) is 1. The molecular formula is C21H16FN3O3S3. The lowest BCUT2D eigenvalue weighted by Gasteiger charge is -2.07. The number of hydrogen-bond acceptors (Lipinski definition) is 7. The number of rotatable bonds is 7. The fourth-order valence-corrected chi connectivity index (χ4v) is 4.92. The summed E-state index contributed by atoms with van der Waals surface area (Å²) in [6, 6.07) is 12.7. The second-order valence-electron chi connectivity index (χ2n) is 6.37. The summed E-state index contributed by atoms with van der Waals surface area (Å²) in [4.78, 5) is 32.2. The zero-order valence-electron chi connectivity index (χ0n) is 16.3. The third kappa shape index (κ3) is 4.60. The van der Waals surface area contributed by atoms with Crippen LogP contribution in [0.3, 0.4) is 0 Å². The van der Waals surface area contributed by atoms with Crippen molar-refractivity contribution in [3.63, 3.8) is 0 Å². The molecule has 0 fully saturated rings. The van der Waals surface area contributed by atoms with E-state index < -0.39 is 5.82 Å². The van der Waals surface area contributed by atoms with Crippen molar-refractivity contribution in [1.82, 2.24) is 14.5 Å². The van der Waals surface area contributed by atoms with E-state index in [4.69, 9.17) is 17.0 Å². The molecule has 2 aromatic heterocycles. The van der Waals surface area contributed by atoms with Crippen LogP contribution in [0.4, 0.5) is 4.39 Å². The minimum atomic E-state index is -0.406. The maximum absolute atomic E-state index is 13.1. The Morgan fingerprint density at radius 2 is 1.94 bits per heavy atom. The molecule has 2 aromatic carbocycles. The van der Waals surface area contributed by atoms with E-state index >= 15 is 0 Å². The number of hydrogen-bond donors (Lipinski definition) is 1. The number of nitrogens with zero attached hydrogens (tertiary/aromatic N) is 2. The molecule has 1 N–H and O–H groups in total. The molecule has 6 nitrogen and oxygen atoms in total. The molecule has 0 aliphatic rings. The van der Waals surface area contributed by atoms with Crippen LogP contribution in [-0.4, -0.2) is 32.7 Å². The Hall–Kier alpha value is -2.82. The molecule has 0 radical (unpaired) electrons. The second-order valence-corrected chi connectivity index (χ2v) is 8.98. The van der Waals surface area contributed by atoms with Crippen LogP contribution in [0.25, 0.3) is 16.0 Å². The van der Waals surface area contributed by atoms with E-state index in [0.717, 1.165) is 23.2 Å². The van der Waals surface area contributed by atoms with E-state index in [1.165, 1.54) is 35.6 Å². The number of carbonyl (C=O) groups excluding carboxylic acids is 1. The molecule has 0 amide bonds. The lowest BCUT2D eigenvalue weighted by molar-refractivity contribution is 0.102. The van der Waals surface area contributed by atoms with Crippen LogP contribution in [-0.2, 0) is 0 Å². The molecule has 0 aliphatic carbocycles. The maximum atomic E-state index is 13.1. The van der Waals surface area contributed by atoms with Crippen molar-refractivity contribution in [2.75, 3.05) is 12.4 Å². The molecule has 4 rings (SSSR count). The van der Waals surface area contributed by atoms with Gasteiger partial charge in [-0.25, -0.2) is 9.37 Å². The molecule has 0 saturated heterocycles. The highest BCUT2D eigenvalue weighted by atomic mass is 32.2. The summed E-state index contributed by atoms with van der Waals surface area (Å²) in [7, 11) is 0. The fraction of sp³-hybridized carbons (Fsp3) is 0.143. The first-order valence-corrected chi connectivity index (χ1v) is 11.5. The molecular weight excluding hydrogens is 457 g/mol. The lowest BCUT2D eigenvalue weighted by Crippen LogP contribution is -2.11. The van der Waals surface area contributed by atoms with Crippen LogP contribution >= 0.6 is 35.3 Å². The van der Waals surface area contributed by atoms with Crippen LogP contribution < -0.4 is 10.3 Å². The molecule has 0 saturated carbocycles. The molecule has 10 heteroatoms. The van der Waals surface area contributed by atoms with Crippen molar-refractivity contribution < 1.29 is 13.9 Å². The first-order chi connectivity index (χ1) is 15.0. The largest absolute Gasteiger partial charge is 0.494 e. The number of benzene rings is 2. The number of aromatic amines is 1. The topological polar surface area (TPSA) is 77.0 Å². The Morgan fingerprint density at radius 1 is 1.23 bits per heavy atom. The predicted molar refractivity (Wildman–Crippen MR) is 123 cm³/mol. The zero-order chi connectivity index (χ0) is 22.0. The molecule has 158 valence electrons. The molecule has 4 aromatic rings. The Balaban J connectivity index is 1.65. The minimum absolute atomic E-state index is 0.0496. The second kappa shape index (κ2) is 9.13. The monoisotopic (exact) mass is 473 g/mol. The summed E-state index contributed by atoms with van der Waals surface area (Å²) >= 11 is 7.75. The predicted octanol–water partition coefficient (Wildman–Crippen LogP) is 5.02. The van der Waals surface area contributed by atoms with E-state index in [0.29, 0.717) is 31.6 Å². The van der Waals surface area contributed by atoms with E-state index in [2.05, 4.69) is 9.97 Å². The van der Waals surface area contributed by atoms with Gasteiger partial charge < -0.3 is 9.72 Å². The molecule has 0 spiro atoms. The van der Waals surface area contributed by atoms with E-state index in [1.807, 2.05) is 31.2 Å². The highest BCUT2D eigenvalue weighted by Crippen LogP contribution is 2.26. The van der Waals surface area contributed by atoms with Crippen LogP contribution in [0, 0.1) is 9.77 Å². The van der Waals surface area contributed by atoms with Crippen LogP contribution in [0.1, 0.15) is 17.3 Å². The van der Waals surface area contributed by atoms with Crippen molar-refractivity contribution >= 4 is 51.4 Å². The van der Waals surface area contributed by atoms with Gasteiger partial charge in [0.2, 0.25) is 0 Å². The van der Waals surface area contributed by atoms with Crippen molar-refractivity contribution in [3.8, 4) is 11.4 Å².